The van der Waals surface area contributed by atoms with Crippen molar-refractivity contribution in [2.24, 2.45) is 0 Å². The summed E-state index contributed by atoms with van der Waals surface area (Å²) in [6.07, 6.45) is 1.02. The first-order valence-corrected chi connectivity index (χ1v) is 7.33. The van der Waals surface area contributed by atoms with Gasteiger partial charge in [0.25, 0.3) is 0 Å². The van der Waals surface area contributed by atoms with Gasteiger partial charge in [0.15, 0.2) is 5.13 Å². The van der Waals surface area contributed by atoms with E-state index >= 15 is 0 Å². The van der Waals surface area contributed by atoms with Gasteiger partial charge in [-0.1, -0.05) is 18.3 Å². The van der Waals surface area contributed by atoms with Crippen LogP contribution in [0.4, 0.5) is 5.13 Å². The molecule has 0 saturated heterocycles. The summed E-state index contributed by atoms with van der Waals surface area (Å²) in [4.78, 5) is 4.60. The van der Waals surface area contributed by atoms with Gasteiger partial charge < -0.3 is 14.8 Å². The molecule has 1 N–H and O–H groups in total. The number of benzene rings is 1. The van der Waals surface area contributed by atoms with Gasteiger partial charge in [-0.05, 0) is 31.0 Å². The Bertz CT molecular complexity index is 539. The van der Waals surface area contributed by atoms with Crippen LogP contribution in [0.3, 0.4) is 0 Å². The first kappa shape index (κ1) is 14.1. The minimum atomic E-state index is 0.680. The topological polar surface area (TPSA) is 43.4 Å². The summed E-state index contributed by atoms with van der Waals surface area (Å²) in [7, 11) is 1.70. The Labute approximate surface area is 117 Å². The lowest BCUT2D eigenvalue weighted by atomic mass is 10.2. The van der Waals surface area contributed by atoms with Gasteiger partial charge >= 0.3 is 0 Å². The van der Waals surface area contributed by atoms with Crippen molar-refractivity contribution < 1.29 is 9.47 Å². The lowest BCUT2D eigenvalue weighted by Gasteiger charge is -2.05. The number of ether oxygens (including phenoxy) is 2. The number of nitrogens with one attached hydrogen (secondary N) is 1. The number of aromatic nitrogens is 1. The van der Waals surface area contributed by atoms with E-state index in [1.807, 2.05) is 0 Å². The standard InChI is InChI=1S/C14H20N2O2S/c1-4-6-18-11-8-10(2)13-12(9-11)19-14(16-13)15-5-7-17-3/h8-9H,4-7H2,1-3H3,(H,15,16). The number of hydrogen-bond donors (Lipinski definition) is 1. The van der Waals surface area contributed by atoms with Crippen LogP contribution in [0.2, 0.25) is 0 Å². The molecule has 4 nitrogen and oxygen atoms in total. The third-order valence-electron chi connectivity index (χ3n) is 2.71. The molecule has 1 aromatic heterocycles. The average Bonchev–Trinajstić information content (AvgIpc) is 2.80. The number of nitrogens with zero attached hydrogens (tertiary/aromatic N) is 1. The van der Waals surface area contributed by atoms with Crippen molar-refractivity contribution in [1.82, 2.24) is 4.98 Å². The Morgan fingerprint density at radius 2 is 2.16 bits per heavy atom. The second kappa shape index (κ2) is 6.73. The molecule has 2 aromatic rings. The van der Waals surface area contributed by atoms with E-state index in [9.17, 15) is 0 Å². The predicted molar refractivity (Wildman–Crippen MR) is 80.5 cm³/mol. The highest BCUT2D eigenvalue weighted by atomic mass is 32.1. The molecule has 0 unspecified atom stereocenters. The van der Waals surface area contributed by atoms with Gasteiger partial charge in [0.2, 0.25) is 0 Å². The van der Waals surface area contributed by atoms with Crippen LogP contribution in [0.25, 0.3) is 10.2 Å². The smallest absolute Gasteiger partial charge is 0.183 e. The fourth-order valence-corrected chi connectivity index (χ4v) is 2.80. The Morgan fingerprint density at radius 3 is 2.89 bits per heavy atom. The maximum Gasteiger partial charge on any atom is 0.183 e. The van der Waals surface area contributed by atoms with Crippen LogP contribution in [-0.2, 0) is 4.74 Å². The second-order valence-electron chi connectivity index (χ2n) is 4.37. The highest BCUT2D eigenvalue weighted by Gasteiger charge is 2.08. The minimum Gasteiger partial charge on any atom is -0.494 e. The fourth-order valence-electron chi connectivity index (χ4n) is 1.80. The first-order valence-electron chi connectivity index (χ1n) is 6.51. The number of thiazole rings is 1. The Hall–Kier alpha value is -1.33. The Morgan fingerprint density at radius 1 is 1.32 bits per heavy atom. The maximum atomic E-state index is 5.69. The van der Waals surface area contributed by atoms with E-state index in [0.717, 1.165) is 46.2 Å². The third-order valence-corrected chi connectivity index (χ3v) is 3.67. The lowest BCUT2D eigenvalue weighted by Crippen LogP contribution is -2.06. The summed E-state index contributed by atoms with van der Waals surface area (Å²) >= 11 is 1.65. The molecule has 0 atom stereocenters. The van der Waals surface area contributed by atoms with Crippen molar-refractivity contribution in [1.29, 1.82) is 0 Å². The van der Waals surface area contributed by atoms with Crippen molar-refractivity contribution in [2.45, 2.75) is 20.3 Å². The number of rotatable bonds is 7. The molecule has 2 rings (SSSR count). The summed E-state index contributed by atoms with van der Waals surface area (Å²) in [6, 6.07) is 4.12. The number of fused-ring (bicyclic) bond motifs is 1. The van der Waals surface area contributed by atoms with E-state index in [1.165, 1.54) is 0 Å². The molecule has 0 bridgehead atoms. The zero-order valence-electron chi connectivity index (χ0n) is 11.7. The molecule has 0 amide bonds. The predicted octanol–water partition coefficient (Wildman–Crippen LogP) is 3.45. The molecule has 0 spiro atoms. The summed E-state index contributed by atoms with van der Waals surface area (Å²) < 4.78 is 11.9. The van der Waals surface area contributed by atoms with Crippen molar-refractivity contribution >= 4 is 26.7 Å². The normalized spacial score (nSPS) is 10.9. The van der Waals surface area contributed by atoms with Crippen molar-refractivity contribution in [3.8, 4) is 5.75 Å². The van der Waals surface area contributed by atoms with Crippen LogP contribution in [-0.4, -0.2) is 31.9 Å². The molecular weight excluding hydrogens is 260 g/mol. The van der Waals surface area contributed by atoms with Crippen LogP contribution < -0.4 is 10.1 Å². The molecule has 0 fully saturated rings. The number of methoxy groups -OCH3 is 1. The monoisotopic (exact) mass is 280 g/mol. The first-order chi connectivity index (χ1) is 9.24. The molecule has 5 heteroatoms. The van der Waals surface area contributed by atoms with E-state index in [1.54, 1.807) is 18.4 Å². The minimum absolute atomic E-state index is 0.680. The SMILES string of the molecule is CCCOc1cc(C)c2nc(NCCOC)sc2c1. The van der Waals surface area contributed by atoms with Crippen LogP contribution in [0, 0.1) is 6.92 Å². The van der Waals surface area contributed by atoms with Crippen LogP contribution >= 0.6 is 11.3 Å². The van der Waals surface area contributed by atoms with E-state index < -0.39 is 0 Å². The Kier molecular flexibility index (Phi) is 4.99. The largest absolute Gasteiger partial charge is 0.494 e. The maximum absolute atomic E-state index is 5.69. The number of anilines is 1. The molecular formula is C14H20N2O2S. The summed E-state index contributed by atoms with van der Waals surface area (Å²) in [5.41, 5.74) is 2.20. The molecule has 1 aromatic carbocycles. The summed E-state index contributed by atoms with van der Waals surface area (Å²) in [5.74, 6) is 0.930. The molecule has 0 aliphatic carbocycles. The molecule has 19 heavy (non-hydrogen) atoms. The van der Waals surface area contributed by atoms with Crippen molar-refractivity contribution in [3.05, 3.63) is 17.7 Å². The van der Waals surface area contributed by atoms with Crippen LogP contribution in [0.5, 0.6) is 5.75 Å². The molecule has 104 valence electrons. The molecule has 0 aliphatic heterocycles. The highest BCUT2D eigenvalue weighted by Crippen LogP contribution is 2.31. The van der Waals surface area contributed by atoms with E-state index in [-0.39, 0.29) is 0 Å². The lowest BCUT2D eigenvalue weighted by molar-refractivity contribution is 0.211. The summed E-state index contributed by atoms with van der Waals surface area (Å²) in [6.45, 7) is 6.38. The van der Waals surface area contributed by atoms with Gasteiger partial charge in [0.05, 0.1) is 23.4 Å². The zero-order chi connectivity index (χ0) is 13.7. The van der Waals surface area contributed by atoms with E-state index in [0.29, 0.717) is 6.61 Å². The van der Waals surface area contributed by atoms with Gasteiger partial charge in [0.1, 0.15) is 5.75 Å². The fraction of sp³-hybridized carbons (Fsp3) is 0.500. The highest BCUT2D eigenvalue weighted by molar-refractivity contribution is 7.22. The summed E-state index contributed by atoms with van der Waals surface area (Å²) in [5, 5.41) is 4.20. The van der Waals surface area contributed by atoms with Gasteiger partial charge in [-0.15, -0.1) is 0 Å². The zero-order valence-corrected chi connectivity index (χ0v) is 12.5. The van der Waals surface area contributed by atoms with Gasteiger partial charge in [-0.25, -0.2) is 4.98 Å². The third kappa shape index (κ3) is 3.58. The number of hydrogen-bond acceptors (Lipinski definition) is 5. The molecule has 0 radical (unpaired) electrons. The van der Waals surface area contributed by atoms with Gasteiger partial charge in [-0.2, -0.15) is 0 Å². The molecule has 0 saturated carbocycles. The van der Waals surface area contributed by atoms with Crippen molar-refractivity contribution in [2.75, 3.05) is 32.2 Å². The molecule has 0 aliphatic rings. The number of aryl methyl sites for hydroxylation is 1. The van der Waals surface area contributed by atoms with Crippen molar-refractivity contribution in [3.63, 3.8) is 0 Å². The van der Waals surface area contributed by atoms with Crippen LogP contribution in [0.15, 0.2) is 12.1 Å². The van der Waals surface area contributed by atoms with Crippen LogP contribution in [0.1, 0.15) is 18.9 Å². The molecule has 1 heterocycles. The van der Waals surface area contributed by atoms with E-state index in [2.05, 4.69) is 36.3 Å². The quantitative estimate of drug-likeness (QED) is 0.789. The van der Waals surface area contributed by atoms with Gasteiger partial charge in [-0.3, -0.25) is 0 Å². The van der Waals surface area contributed by atoms with Gasteiger partial charge in [0, 0.05) is 13.7 Å². The Balaban J connectivity index is 2.18. The van der Waals surface area contributed by atoms with E-state index in [4.69, 9.17) is 9.47 Å². The average molecular weight is 280 g/mol. The second-order valence-corrected chi connectivity index (χ2v) is 5.40.